The summed E-state index contributed by atoms with van der Waals surface area (Å²) in [6.45, 7) is 2.49. The van der Waals surface area contributed by atoms with E-state index in [0.717, 1.165) is 0 Å². The van der Waals surface area contributed by atoms with Crippen molar-refractivity contribution in [2.45, 2.75) is 13.2 Å². The average Bonchev–Trinajstić information content (AvgIpc) is 2.76. The summed E-state index contributed by atoms with van der Waals surface area (Å²) < 4.78 is 11.3. The van der Waals surface area contributed by atoms with Gasteiger partial charge >= 0.3 is 0 Å². The summed E-state index contributed by atoms with van der Waals surface area (Å²) in [5, 5.41) is 0. The van der Waals surface area contributed by atoms with Gasteiger partial charge in [-0.3, -0.25) is 0 Å². The summed E-state index contributed by atoms with van der Waals surface area (Å²) in [7, 11) is 0. The zero-order valence-electron chi connectivity index (χ0n) is 16.0. The molecular weight excluding hydrogens is 344 g/mol. The van der Waals surface area contributed by atoms with Crippen LogP contribution in [0.4, 0.5) is 0 Å². The van der Waals surface area contributed by atoms with E-state index in [2.05, 4.69) is 60.7 Å². The minimum absolute atomic E-state index is 0.606. The maximum absolute atomic E-state index is 5.66. The van der Waals surface area contributed by atoms with Gasteiger partial charge in [-0.25, -0.2) is 0 Å². The highest BCUT2D eigenvalue weighted by atomic mass is 16.5. The molecule has 3 aromatic carbocycles. The Hall–Kier alpha value is -2.94. The third-order valence-electron chi connectivity index (χ3n) is 4.21. The van der Waals surface area contributed by atoms with E-state index < -0.39 is 0 Å². The van der Waals surface area contributed by atoms with Gasteiger partial charge in [0.25, 0.3) is 0 Å². The van der Waals surface area contributed by atoms with Crippen LogP contribution >= 0.6 is 0 Å². The van der Waals surface area contributed by atoms with Crippen LogP contribution in [-0.4, -0.2) is 13.2 Å². The van der Waals surface area contributed by atoms with Crippen molar-refractivity contribution in [3.8, 4) is 0 Å². The summed E-state index contributed by atoms with van der Waals surface area (Å²) in [5.41, 5.74) is 4.72. The second-order valence-corrected chi connectivity index (χ2v) is 6.47. The maximum Gasteiger partial charge on any atom is 0.0721 e. The van der Waals surface area contributed by atoms with Gasteiger partial charge < -0.3 is 9.47 Å². The van der Waals surface area contributed by atoms with Crippen molar-refractivity contribution in [3.05, 3.63) is 119 Å². The highest BCUT2D eigenvalue weighted by Crippen LogP contribution is 2.09. The van der Waals surface area contributed by atoms with Crippen LogP contribution in [0, 0.1) is 0 Å². The van der Waals surface area contributed by atoms with Crippen molar-refractivity contribution in [1.29, 1.82) is 0 Å². The lowest BCUT2D eigenvalue weighted by Crippen LogP contribution is -1.92. The molecule has 0 aliphatic carbocycles. The minimum Gasteiger partial charge on any atom is -0.373 e. The quantitative estimate of drug-likeness (QED) is 0.399. The first-order valence-corrected chi connectivity index (χ1v) is 9.57. The van der Waals surface area contributed by atoms with E-state index in [1.54, 1.807) is 0 Å². The smallest absolute Gasteiger partial charge is 0.0721 e. The van der Waals surface area contributed by atoms with Crippen molar-refractivity contribution in [2.24, 2.45) is 0 Å². The highest BCUT2D eigenvalue weighted by molar-refractivity contribution is 5.55. The zero-order valence-corrected chi connectivity index (χ0v) is 16.0. The Morgan fingerprint density at radius 1 is 0.500 bits per heavy atom. The molecule has 0 aliphatic heterocycles. The molecule has 0 heterocycles. The van der Waals surface area contributed by atoms with Crippen molar-refractivity contribution in [3.63, 3.8) is 0 Å². The summed E-state index contributed by atoms with van der Waals surface area (Å²) in [6, 6.07) is 28.9. The number of rotatable bonds is 10. The van der Waals surface area contributed by atoms with E-state index in [1.807, 2.05) is 48.6 Å². The summed E-state index contributed by atoms with van der Waals surface area (Å²) >= 11 is 0. The Bertz CT molecular complexity index is 775. The van der Waals surface area contributed by atoms with E-state index >= 15 is 0 Å². The van der Waals surface area contributed by atoms with Gasteiger partial charge in [0, 0.05) is 0 Å². The molecule has 3 rings (SSSR count). The van der Waals surface area contributed by atoms with Crippen LogP contribution in [0.3, 0.4) is 0 Å². The molecule has 0 saturated heterocycles. The number of ether oxygens (including phenoxy) is 2. The number of hydrogen-bond acceptors (Lipinski definition) is 2. The maximum atomic E-state index is 5.66. The van der Waals surface area contributed by atoms with E-state index in [-0.39, 0.29) is 0 Å². The van der Waals surface area contributed by atoms with Gasteiger partial charge in [0.15, 0.2) is 0 Å². The minimum atomic E-state index is 0.606. The Balaban J connectivity index is 1.34. The van der Waals surface area contributed by atoms with E-state index in [0.29, 0.717) is 26.4 Å². The molecule has 0 unspecified atom stereocenters. The Labute approximate surface area is 167 Å². The van der Waals surface area contributed by atoms with Gasteiger partial charge in [-0.2, -0.15) is 0 Å². The summed E-state index contributed by atoms with van der Waals surface area (Å²) in [4.78, 5) is 0. The Kier molecular flexibility index (Phi) is 8.28. The fraction of sp³-hybridized carbons (Fsp3) is 0.154. The second kappa shape index (κ2) is 11.7. The molecule has 3 aromatic rings. The fourth-order valence-corrected chi connectivity index (χ4v) is 2.72. The van der Waals surface area contributed by atoms with Crippen molar-refractivity contribution >= 4 is 12.2 Å². The van der Waals surface area contributed by atoms with Crippen LogP contribution in [0.2, 0.25) is 0 Å². The molecule has 0 saturated carbocycles. The van der Waals surface area contributed by atoms with Crippen LogP contribution in [0.5, 0.6) is 0 Å². The standard InChI is InChI=1S/C26H26O2/c1-3-9-25(10-4-1)21-27-19-7-13-23-15-17-24(18-16-23)14-8-20-28-22-26-11-5-2-6-12-26/h1-18H,19-22H2/b13-7+,14-8+. The van der Waals surface area contributed by atoms with Gasteiger partial charge in [0.1, 0.15) is 0 Å². The molecule has 0 bridgehead atoms. The SMILES string of the molecule is C(=C\c1ccc(/C=C/COCc2ccccc2)cc1)/COCc1ccccc1. The van der Waals surface area contributed by atoms with Gasteiger partial charge in [0.05, 0.1) is 26.4 Å². The van der Waals surface area contributed by atoms with Crippen LogP contribution in [0.25, 0.3) is 12.2 Å². The van der Waals surface area contributed by atoms with E-state index in [1.165, 1.54) is 22.3 Å². The molecule has 2 nitrogen and oxygen atoms in total. The Morgan fingerprint density at radius 3 is 1.29 bits per heavy atom. The molecule has 0 N–H and O–H groups in total. The first kappa shape index (κ1) is 19.8. The van der Waals surface area contributed by atoms with Gasteiger partial charge in [-0.05, 0) is 22.3 Å². The third-order valence-corrected chi connectivity index (χ3v) is 4.21. The van der Waals surface area contributed by atoms with Gasteiger partial charge in [-0.15, -0.1) is 0 Å². The Morgan fingerprint density at radius 2 is 0.893 bits per heavy atom. The molecular formula is C26H26O2. The lowest BCUT2D eigenvalue weighted by Gasteiger charge is -2.01. The molecule has 0 spiro atoms. The monoisotopic (exact) mass is 370 g/mol. The third kappa shape index (κ3) is 7.36. The zero-order chi connectivity index (χ0) is 19.3. The number of hydrogen-bond donors (Lipinski definition) is 0. The first-order chi connectivity index (χ1) is 13.9. The van der Waals surface area contributed by atoms with Crippen molar-refractivity contribution < 1.29 is 9.47 Å². The fourth-order valence-electron chi connectivity index (χ4n) is 2.72. The molecule has 0 atom stereocenters. The molecule has 0 radical (unpaired) electrons. The molecule has 142 valence electrons. The van der Waals surface area contributed by atoms with Crippen LogP contribution in [0.1, 0.15) is 22.3 Å². The number of benzene rings is 3. The predicted octanol–water partition coefficient (Wildman–Crippen LogP) is 6.15. The van der Waals surface area contributed by atoms with E-state index in [9.17, 15) is 0 Å². The normalized spacial score (nSPS) is 11.4. The topological polar surface area (TPSA) is 18.5 Å². The van der Waals surface area contributed by atoms with Crippen LogP contribution in [-0.2, 0) is 22.7 Å². The van der Waals surface area contributed by atoms with E-state index in [4.69, 9.17) is 9.47 Å². The average molecular weight is 370 g/mol. The summed E-state index contributed by atoms with van der Waals surface area (Å²) in [6.07, 6.45) is 8.26. The molecule has 0 amide bonds. The second-order valence-electron chi connectivity index (χ2n) is 6.47. The lowest BCUT2D eigenvalue weighted by atomic mass is 10.1. The van der Waals surface area contributed by atoms with Crippen LogP contribution in [0.15, 0.2) is 97.1 Å². The van der Waals surface area contributed by atoms with Gasteiger partial charge in [0.2, 0.25) is 0 Å². The first-order valence-electron chi connectivity index (χ1n) is 9.57. The lowest BCUT2D eigenvalue weighted by molar-refractivity contribution is 0.149. The molecule has 2 heteroatoms. The summed E-state index contributed by atoms with van der Waals surface area (Å²) in [5.74, 6) is 0. The van der Waals surface area contributed by atoms with Crippen molar-refractivity contribution in [2.75, 3.05) is 13.2 Å². The van der Waals surface area contributed by atoms with Gasteiger partial charge in [-0.1, -0.05) is 109 Å². The predicted molar refractivity (Wildman–Crippen MR) is 117 cm³/mol. The highest BCUT2D eigenvalue weighted by Gasteiger charge is 1.92. The largest absolute Gasteiger partial charge is 0.373 e. The molecule has 0 fully saturated rings. The van der Waals surface area contributed by atoms with Crippen molar-refractivity contribution in [1.82, 2.24) is 0 Å². The molecule has 0 aliphatic rings. The van der Waals surface area contributed by atoms with Crippen LogP contribution < -0.4 is 0 Å². The molecule has 28 heavy (non-hydrogen) atoms. The molecule has 0 aromatic heterocycles.